The van der Waals surface area contributed by atoms with E-state index < -0.39 is 0 Å². The number of anilines is 2. The molecular weight excluding hydrogens is 448 g/mol. The van der Waals surface area contributed by atoms with Gasteiger partial charge in [0, 0.05) is 27.6 Å². The van der Waals surface area contributed by atoms with Crippen LogP contribution in [0.1, 0.15) is 23.7 Å². The Hall–Kier alpha value is -4.56. The van der Waals surface area contributed by atoms with Crippen molar-refractivity contribution in [3.05, 3.63) is 144 Å². The summed E-state index contributed by atoms with van der Waals surface area (Å²) in [4.78, 5) is 2.58. The lowest BCUT2D eigenvalue weighted by Crippen LogP contribution is -2.42. The standard InChI is InChI=1S/C35H26N2/c1-35-29-21-20-24-12-8-9-17-27(24)34(29)37(26-15-6-3-7-16-26)32(35)23-22-31-33(35)28-18-10-11-19-30(28)36(31)25-13-4-2-5-14-25/h2-23,32H,1H3. The predicted molar refractivity (Wildman–Crippen MR) is 155 cm³/mol. The van der Waals surface area contributed by atoms with Crippen molar-refractivity contribution < 1.29 is 0 Å². The molecule has 1 aliphatic heterocycles. The number of hydrogen-bond donors (Lipinski definition) is 0. The second-order valence-electron chi connectivity index (χ2n) is 10.3. The van der Waals surface area contributed by atoms with Crippen LogP contribution in [0.4, 0.5) is 11.4 Å². The van der Waals surface area contributed by atoms with Gasteiger partial charge in [0.2, 0.25) is 0 Å². The summed E-state index contributed by atoms with van der Waals surface area (Å²) in [6.45, 7) is 2.46. The minimum Gasteiger partial charge on any atom is -0.332 e. The molecule has 1 aliphatic carbocycles. The molecule has 0 saturated heterocycles. The van der Waals surface area contributed by atoms with Gasteiger partial charge in [-0.15, -0.1) is 0 Å². The molecule has 0 bridgehead atoms. The molecule has 2 heterocycles. The average Bonchev–Trinajstić information content (AvgIpc) is 3.44. The van der Waals surface area contributed by atoms with Crippen LogP contribution in [0.3, 0.4) is 0 Å². The lowest BCUT2D eigenvalue weighted by molar-refractivity contribution is 0.533. The lowest BCUT2D eigenvalue weighted by atomic mass is 9.69. The van der Waals surface area contributed by atoms with Gasteiger partial charge >= 0.3 is 0 Å². The maximum Gasteiger partial charge on any atom is 0.0662 e. The molecule has 2 atom stereocenters. The minimum absolute atomic E-state index is 0.165. The van der Waals surface area contributed by atoms with Crippen molar-refractivity contribution in [2.75, 3.05) is 4.90 Å². The van der Waals surface area contributed by atoms with Gasteiger partial charge in [0.1, 0.15) is 0 Å². The Labute approximate surface area is 216 Å². The van der Waals surface area contributed by atoms with E-state index in [1.807, 2.05) is 0 Å². The first kappa shape index (κ1) is 20.6. The van der Waals surface area contributed by atoms with E-state index in [-0.39, 0.29) is 11.5 Å². The van der Waals surface area contributed by atoms with Crippen LogP contribution in [0.25, 0.3) is 33.4 Å². The highest BCUT2D eigenvalue weighted by Crippen LogP contribution is 2.58. The molecule has 2 aliphatic rings. The normalized spacial score (nSPS) is 19.7. The molecule has 0 radical (unpaired) electrons. The summed E-state index contributed by atoms with van der Waals surface area (Å²) in [5.41, 5.74) is 8.86. The summed E-state index contributed by atoms with van der Waals surface area (Å²) in [6.07, 6.45) is 4.79. The lowest BCUT2D eigenvalue weighted by Gasteiger charge is -2.38. The van der Waals surface area contributed by atoms with Gasteiger partial charge in [-0.25, -0.2) is 0 Å². The highest BCUT2D eigenvalue weighted by Gasteiger charge is 2.52. The number of rotatable bonds is 2. The van der Waals surface area contributed by atoms with Gasteiger partial charge in [-0.05, 0) is 59.8 Å². The zero-order valence-corrected chi connectivity index (χ0v) is 20.7. The molecule has 2 unspecified atom stereocenters. The van der Waals surface area contributed by atoms with E-state index in [1.54, 1.807) is 0 Å². The average molecular weight is 475 g/mol. The maximum atomic E-state index is 2.58. The molecule has 6 aromatic rings. The highest BCUT2D eigenvalue weighted by atomic mass is 15.2. The first-order valence-electron chi connectivity index (χ1n) is 13.0. The van der Waals surface area contributed by atoms with E-state index in [9.17, 15) is 0 Å². The quantitative estimate of drug-likeness (QED) is 0.244. The smallest absolute Gasteiger partial charge is 0.0662 e. The first-order chi connectivity index (χ1) is 18.3. The van der Waals surface area contributed by atoms with Crippen LogP contribution in [0, 0.1) is 0 Å². The number of fused-ring (bicyclic) bond motifs is 9. The fourth-order valence-electron chi connectivity index (χ4n) is 6.93. The zero-order valence-electron chi connectivity index (χ0n) is 20.7. The van der Waals surface area contributed by atoms with Crippen molar-refractivity contribution in [1.82, 2.24) is 4.57 Å². The van der Waals surface area contributed by atoms with Gasteiger partial charge in [0.25, 0.3) is 0 Å². The topological polar surface area (TPSA) is 8.17 Å². The molecule has 0 N–H and O–H groups in total. The first-order valence-corrected chi connectivity index (χ1v) is 13.0. The third-order valence-corrected chi connectivity index (χ3v) is 8.49. The second-order valence-corrected chi connectivity index (χ2v) is 10.3. The summed E-state index contributed by atoms with van der Waals surface area (Å²) in [7, 11) is 0. The van der Waals surface area contributed by atoms with Crippen molar-refractivity contribution in [3.63, 3.8) is 0 Å². The molecule has 1 aromatic heterocycles. The summed E-state index contributed by atoms with van der Waals surface area (Å²) in [6, 6.07) is 44.2. The summed E-state index contributed by atoms with van der Waals surface area (Å²) < 4.78 is 2.44. The monoisotopic (exact) mass is 474 g/mol. The van der Waals surface area contributed by atoms with Crippen molar-refractivity contribution in [1.29, 1.82) is 0 Å². The van der Waals surface area contributed by atoms with E-state index >= 15 is 0 Å². The molecule has 0 saturated carbocycles. The Kier molecular flexibility index (Phi) is 4.16. The summed E-state index contributed by atoms with van der Waals surface area (Å²) in [5.74, 6) is 0. The van der Waals surface area contributed by atoms with Crippen LogP contribution < -0.4 is 4.90 Å². The summed E-state index contributed by atoms with van der Waals surface area (Å²) >= 11 is 0. The minimum atomic E-state index is -0.223. The molecule has 2 heteroatoms. The van der Waals surface area contributed by atoms with Gasteiger partial charge in [-0.1, -0.05) is 97.1 Å². The molecule has 176 valence electrons. The van der Waals surface area contributed by atoms with Gasteiger partial charge in [-0.3, -0.25) is 0 Å². The predicted octanol–water partition coefficient (Wildman–Crippen LogP) is 8.64. The van der Waals surface area contributed by atoms with Crippen LogP contribution in [0.2, 0.25) is 0 Å². The maximum absolute atomic E-state index is 2.58. The molecule has 0 amide bonds. The summed E-state index contributed by atoms with van der Waals surface area (Å²) in [5, 5.41) is 3.91. The SMILES string of the molecule is CC12c3ccc4ccccc4c3N(c3ccccc3)C1C=Cc1c2c2ccccc2n1-c1ccccc1. The van der Waals surface area contributed by atoms with E-state index in [0.29, 0.717) is 0 Å². The second kappa shape index (κ2) is 7.47. The van der Waals surface area contributed by atoms with Gasteiger partial charge in [-0.2, -0.15) is 0 Å². The van der Waals surface area contributed by atoms with Gasteiger partial charge in [0.15, 0.2) is 0 Å². The Morgan fingerprint density at radius 1 is 0.622 bits per heavy atom. The molecule has 0 spiro atoms. The fraction of sp³-hybridized carbons (Fsp3) is 0.0857. The fourth-order valence-corrected chi connectivity index (χ4v) is 6.93. The Bertz CT molecular complexity index is 1850. The number of nitrogens with zero attached hydrogens (tertiary/aromatic N) is 2. The van der Waals surface area contributed by atoms with Gasteiger partial charge < -0.3 is 9.47 Å². The number of para-hydroxylation sites is 3. The highest BCUT2D eigenvalue weighted by molar-refractivity contribution is 6.03. The van der Waals surface area contributed by atoms with Gasteiger partial charge in [0.05, 0.1) is 22.9 Å². The molecular formula is C35H26N2. The van der Waals surface area contributed by atoms with Crippen molar-refractivity contribution >= 4 is 39.1 Å². The van der Waals surface area contributed by atoms with E-state index in [4.69, 9.17) is 0 Å². The van der Waals surface area contributed by atoms with Crippen molar-refractivity contribution in [3.8, 4) is 5.69 Å². The Morgan fingerprint density at radius 2 is 1.27 bits per heavy atom. The number of benzene rings is 5. The van der Waals surface area contributed by atoms with E-state index in [0.717, 1.165) is 0 Å². The molecule has 0 fully saturated rings. The Balaban J connectivity index is 1.51. The molecule has 5 aromatic carbocycles. The number of aromatic nitrogens is 1. The molecule has 8 rings (SSSR count). The van der Waals surface area contributed by atoms with Crippen molar-refractivity contribution in [2.45, 2.75) is 18.4 Å². The van der Waals surface area contributed by atoms with Crippen LogP contribution in [0.5, 0.6) is 0 Å². The third-order valence-electron chi connectivity index (χ3n) is 8.49. The Morgan fingerprint density at radius 3 is 2.05 bits per heavy atom. The largest absolute Gasteiger partial charge is 0.332 e. The molecule has 2 nitrogen and oxygen atoms in total. The van der Waals surface area contributed by atoms with E-state index in [1.165, 1.54) is 55.6 Å². The molecule has 37 heavy (non-hydrogen) atoms. The van der Waals surface area contributed by atoms with Crippen LogP contribution in [-0.4, -0.2) is 10.6 Å². The van der Waals surface area contributed by atoms with Crippen LogP contribution in [0.15, 0.2) is 127 Å². The number of hydrogen-bond acceptors (Lipinski definition) is 1. The van der Waals surface area contributed by atoms with Crippen molar-refractivity contribution in [2.24, 2.45) is 0 Å². The van der Waals surface area contributed by atoms with Crippen LogP contribution >= 0.6 is 0 Å². The third kappa shape index (κ3) is 2.65. The van der Waals surface area contributed by atoms with E-state index in [2.05, 4.69) is 150 Å². The zero-order chi connectivity index (χ0) is 24.6. The van der Waals surface area contributed by atoms with Crippen LogP contribution in [-0.2, 0) is 5.41 Å².